The zero-order valence-electron chi connectivity index (χ0n) is 17.9. The molecule has 0 unspecified atom stereocenters. The molecule has 4 aromatic rings. The molecule has 1 aromatic heterocycles. The van der Waals surface area contributed by atoms with Crippen molar-refractivity contribution in [1.29, 1.82) is 0 Å². The van der Waals surface area contributed by atoms with E-state index in [1.54, 1.807) is 42.5 Å². The number of fused-ring (bicyclic) bond motifs is 1. The van der Waals surface area contributed by atoms with Gasteiger partial charge in [-0.3, -0.25) is 0 Å². The number of hydrogen-bond acceptors (Lipinski definition) is 7. The lowest BCUT2D eigenvalue weighted by Crippen LogP contribution is -2.39. The van der Waals surface area contributed by atoms with Crippen molar-refractivity contribution < 1.29 is 17.2 Å². The van der Waals surface area contributed by atoms with E-state index in [1.165, 1.54) is 12.1 Å². The second-order valence-corrected chi connectivity index (χ2v) is 10.6. The van der Waals surface area contributed by atoms with Crippen LogP contribution in [0.15, 0.2) is 76.0 Å². The zero-order valence-corrected chi connectivity index (χ0v) is 19.4. The first kappa shape index (κ1) is 22.5. The summed E-state index contributed by atoms with van der Waals surface area (Å²) in [6.07, 6.45) is 0. The number of nitrogens with two attached hydrogens (primary N) is 1. The lowest BCUT2D eigenvalue weighted by atomic mass is 10.1. The molecule has 2 heterocycles. The highest BCUT2D eigenvalue weighted by molar-refractivity contribution is 7.91. The maximum atomic E-state index is 13.2. The molecule has 0 saturated heterocycles. The summed E-state index contributed by atoms with van der Waals surface area (Å²) in [7, 11) is -3.59. The molecule has 0 saturated carbocycles. The molecule has 10 heteroatoms. The lowest BCUT2D eigenvalue weighted by Gasteiger charge is -2.26. The Labute approximate surface area is 200 Å². The maximum absolute atomic E-state index is 13.2. The minimum atomic E-state index is -3.59. The molecule has 0 spiro atoms. The standard InChI is InChI=1S/C24H20ClFN4O3S/c25-18-6-1-15(2-7-18)12-30-13-20(27)14-34(31,32)22-10-5-17(11-21(22)30)24-29-28-23(33-24)16-3-8-19(26)9-4-16/h1-11,20H,12-14,27H2/t20-/m1/s1. The van der Waals surface area contributed by atoms with Crippen LogP contribution >= 0.6 is 11.6 Å². The highest BCUT2D eigenvalue weighted by Crippen LogP contribution is 2.35. The van der Waals surface area contributed by atoms with Crippen LogP contribution in [-0.4, -0.2) is 37.0 Å². The summed E-state index contributed by atoms with van der Waals surface area (Å²) >= 11 is 6.01. The predicted molar refractivity (Wildman–Crippen MR) is 128 cm³/mol. The summed E-state index contributed by atoms with van der Waals surface area (Å²) in [5, 5.41) is 8.79. The number of rotatable bonds is 4. The Bertz CT molecular complexity index is 1440. The Kier molecular flexibility index (Phi) is 5.85. The third-order valence-corrected chi connectivity index (χ3v) is 7.71. The van der Waals surface area contributed by atoms with Gasteiger partial charge in [0.05, 0.1) is 16.3 Å². The fourth-order valence-corrected chi connectivity index (χ4v) is 5.73. The van der Waals surface area contributed by atoms with Crippen molar-refractivity contribution in [2.45, 2.75) is 17.5 Å². The topological polar surface area (TPSA) is 102 Å². The van der Waals surface area contributed by atoms with Gasteiger partial charge in [-0.05, 0) is 60.2 Å². The summed E-state index contributed by atoms with van der Waals surface area (Å²) in [6.45, 7) is 0.796. The molecule has 2 N–H and O–H groups in total. The van der Waals surface area contributed by atoms with Crippen molar-refractivity contribution in [1.82, 2.24) is 10.2 Å². The Hall–Kier alpha value is -3.27. The second-order valence-electron chi connectivity index (χ2n) is 8.15. The molecular formula is C24H20ClFN4O3S. The van der Waals surface area contributed by atoms with Crippen LogP contribution in [0.3, 0.4) is 0 Å². The summed E-state index contributed by atoms with van der Waals surface area (Å²) in [5.74, 6) is -0.0577. The van der Waals surface area contributed by atoms with Gasteiger partial charge in [0.1, 0.15) is 5.82 Å². The van der Waals surface area contributed by atoms with Crippen LogP contribution in [0.2, 0.25) is 5.02 Å². The number of sulfone groups is 1. The van der Waals surface area contributed by atoms with Crippen molar-refractivity contribution in [3.05, 3.63) is 83.1 Å². The van der Waals surface area contributed by atoms with Crippen LogP contribution < -0.4 is 10.6 Å². The highest BCUT2D eigenvalue weighted by atomic mass is 35.5. The van der Waals surface area contributed by atoms with Gasteiger partial charge >= 0.3 is 0 Å². The summed E-state index contributed by atoms with van der Waals surface area (Å²) in [4.78, 5) is 2.14. The quantitative estimate of drug-likeness (QED) is 0.447. The van der Waals surface area contributed by atoms with E-state index in [4.69, 9.17) is 21.8 Å². The fraction of sp³-hybridized carbons (Fsp3) is 0.167. The molecule has 174 valence electrons. The van der Waals surface area contributed by atoms with Gasteiger partial charge in [0.15, 0.2) is 9.84 Å². The number of aromatic nitrogens is 2. The van der Waals surface area contributed by atoms with E-state index >= 15 is 0 Å². The van der Waals surface area contributed by atoms with Crippen LogP contribution in [0, 0.1) is 5.82 Å². The SMILES string of the molecule is N[C@@H]1CN(Cc2ccc(Cl)cc2)c2cc(-c3nnc(-c4ccc(F)cc4)o3)ccc2S(=O)(=O)C1. The normalized spacial score (nSPS) is 17.3. The number of nitrogens with zero attached hydrogens (tertiary/aromatic N) is 3. The molecule has 1 aliphatic rings. The second kappa shape index (κ2) is 8.83. The van der Waals surface area contributed by atoms with E-state index in [0.29, 0.717) is 34.9 Å². The summed E-state index contributed by atoms with van der Waals surface area (Å²) < 4.78 is 45.0. The highest BCUT2D eigenvalue weighted by Gasteiger charge is 2.31. The minimum absolute atomic E-state index is 0.147. The number of benzene rings is 3. The number of anilines is 1. The first-order valence-electron chi connectivity index (χ1n) is 10.5. The van der Waals surface area contributed by atoms with Gasteiger partial charge in [-0.2, -0.15) is 0 Å². The molecule has 0 amide bonds. The maximum Gasteiger partial charge on any atom is 0.248 e. The largest absolute Gasteiger partial charge is 0.416 e. The minimum Gasteiger partial charge on any atom is -0.416 e. The number of halogens is 2. The van der Waals surface area contributed by atoms with E-state index in [9.17, 15) is 12.8 Å². The van der Waals surface area contributed by atoms with Crippen LogP contribution in [0.4, 0.5) is 10.1 Å². The average Bonchev–Trinajstić information content (AvgIpc) is 3.27. The van der Waals surface area contributed by atoms with Gasteiger partial charge in [-0.15, -0.1) is 10.2 Å². The molecule has 7 nitrogen and oxygen atoms in total. The van der Waals surface area contributed by atoms with Crippen molar-refractivity contribution in [2.24, 2.45) is 5.73 Å². The molecule has 1 atom stereocenters. The van der Waals surface area contributed by atoms with E-state index in [-0.39, 0.29) is 28.2 Å². The van der Waals surface area contributed by atoms with Crippen LogP contribution in [0.5, 0.6) is 0 Å². The zero-order chi connectivity index (χ0) is 23.9. The molecule has 0 fully saturated rings. The summed E-state index contributed by atoms with van der Waals surface area (Å²) in [5.41, 5.74) is 8.79. The molecule has 5 rings (SSSR count). The van der Waals surface area contributed by atoms with Crippen molar-refractivity contribution in [3.8, 4) is 22.9 Å². The van der Waals surface area contributed by atoms with Gasteiger partial charge in [0.2, 0.25) is 11.8 Å². The van der Waals surface area contributed by atoms with Crippen molar-refractivity contribution >= 4 is 27.1 Å². The Morgan fingerprint density at radius 1 is 1.00 bits per heavy atom. The Morgan fingerprint density at radius 2 is 1.65 bits per heavy atom. The van der Waals surface area contributed by atoms with Crippen LogP contribution in [-0.2, 0) is 16.4 Å². The van der Waals surface area contributed by atoms with E-state index in [0.717, 1.165) is 5.56 Å². The van der Waals surface area contributed by atoms with Gasteiger partial charge in [0.25, 0.3) is 0 Å². The smallest absolute Gasteiger partial charge is 0.248 e. The van der Waals surface area contributed by atoms with Crippen molar-refractivity contribution in [2.75, 3.05) is 17.2 Å². The monoisotopic (exact) mass is 498 g/mol. The lowest BCUT2D eigenvalue weighted by molar-refractivity contribution is 0.583. The van der Waals surface area contributed by atoms with Gasteiger partial charge in [-0.25, -0.2) is 12.8 Å². The van der Waals surface area contributed by atoms with Crippen LogP contribution in [0.1, 0.15) is 5.56 Å². The Balaban J connectivity index is 1.55. The fourth-order valence-electron chi connectivity index (χ4n) is 3.98. The van der Waals surface area contributed by atoms with Gasteiger partial charge in [-0.1, -0.05) is 23.7 Å². The molecular weight excluding hydrogens is 479 g/mol. The third kappa shape index (κ3) is 4.54. The van der Waals surface area contributed by atoms with Crippen molar-refractivity contribution in [3.63, 3.8) is 0 Å². The van der Waals surface area contributed by atoms with Crippen LogP contribution in [0.25, 0.3) is 22.9 Å². The molecule has 0 radical (unpaired) electrons. The van der Waals surface area contributed by atoms with E-state index in [1.807, 2.05) is 17.0 Å². The van der Waals surface area contributed by atoms with E-state index < -0.39 is 15.9 Å². The summed E-state index contributed by atoms with van der Waals surface area (Å²) in [6, 6.07) is 17.4. The van der Waals surface area contributed by atoms with E-state index in [2.05, 4.69) is 10.2 Å². The van der Waals surface area contributed by atoms with Gasteiger partial charge in [0, 0.05) is 35.3 Å². The van der Waals surface area contributed by atoms with Gasteiger partial charge < -0.3 is 15.1 Å². The third-order valence-electron chi connectivity index (χ3n) is 5.57. The first-order valence-corrected chi connectivity index (χ1v) is 12.5. The molecule has 34 heavy (non-hydrogen) atoms. The number of hydrogen-bond donors (Lipinski definition) is 1. The molecule has 1 aliphatic heterocycles. The molecule has 0 aliphatic carbocycles. The Morgan fingerprint density at radius 3 is 2.35 bits per heavy atom. The molecule has 0 bridgehead atoms. The predicted octanol–water partition coefficient (Wildman–Crippen LogP) is 4.32. The molecule has 3 aromatic carbocycles. The first-order chi connectivity index (χ1) is 16.3. The average molecular weight is 499 g/mol.